The molecule has 0 aliphatic carbocycles. The molecular weight excluding hydrogens is 300 g/mol. The fourth-order valence-corrected chi connectivity index (χ4v) is 2.96. The molecule has 4 rings (SSSR count). The highest BCUT2D eigenvalue weighted by Gasteiger charge is 2.16. The van der Waals surface area contributed by atoms with Gasteiger partial charge in [0.2, 0.25) is 0 Å². The number of phenols is 2. The SMILES string of the molecule is Oc1ccc(-c2oc3cc(O)ccc3c2Cc2ccccc2)cc1. The summed E-state index contributed by atoms with van der Waals surface area (Å²) >= 11 is 0. The number of furan rings is 1. The van der Waals surface area contributed by atoms with Crippen LogP contribution in [0, 0.1) is 0 Å². The predicted octanol–water partition coefficient (Wildman–Crippen LogP) is 5.10. The van der Waals surface area contributed by atoms with E-state index in [0.29, 0.717) is 5.58 Å². The zero-order chi connectivity index (χ0) is 16.5. The van der Waals surface area contributed by atoms with Gasteiger partial charge in [-0.3, -0.25) is 0 Å². The standard InChI is InChI=1S/C21H16O3/c22-16-8-6-15(7-9-16)21-19(12-14-4-2-1-3-5-14)18-11-10-17(23)13-20(18)24-21/h1-11,13,22-23H,12H2. The Hall–Kier alpha value is -3.20. The molecule has 1 heterocycles. The second-order valence-corrected chi connectivity index (χ2v) is 5.80. The van der Waals surface area contributed by atoms with Crippen LogP contribution < -0.4 is 0 Å². The smallest absolute Gasteiger partial charge is 0.138 e. The van der Waals surface area contributed by atoms with Gasteiger partial charge in [0.15, 0.2) is 0 Å². The highest BCUT2D eigenvalue weighted by molar-refractivity contribution is 5.89. The quantitative estimate of drug-likeness (QED) is 0.553. The Morgan fingerprint density at radius 2 is 1.46 bits per heavy atom. The molecule has 2 N–H and O–H groups in total. The fourth-order valence-electron chi connectivity index (χ4n) is 2.96. The van der Waals surface area contributed by atoms with Crippen molar-refractivity contribution in [3.63, 3.8) is 0 Å². The van der Waals surface area contributed by atoms with Crippen LogP contribution in [0.3, 0.4) is 0 Å². The lowest BCUT2D eigenvalue weighted by molar-refractivity contribution is 0.474. The van der Waals surface area contributed by atoms with Crippen molar-refractivity contribution in [2.45, 2.75) is 6.42 Å². The van der Waals surface area contributed by atoms with Gasteiger partial charge in [-0.1, -0.05) is 30.3 Å². The van der Waals surface area contributed by atoms with Crippen molar-refractivity contribution in [2.24, 2.45) is 0 Å². The molecule has 0 atom stereocenters. The van der Waals surface area contributed by atoms with E-state index >= 15 is 0 Å². The van der Waals surface area contributed by atoms with E-state index in [0.717, 1.165) is 28.7 Å². The Bertz CT molecular complexity index is 983. The van der Waals surface area contributed by atoms with E-state index in [1.54, 1.807) is 24.3 Å². The molecule has 0 spiro atoms. The van der Waals surface area contributed by atoms with E-state index in [2.05, 4.69) is 12.1 Å². The van der Waals surface area contributed by atoms with Gasteiger partial charge < -0.3 is 14.6 Å². The average molecular weight is 316 g/mol. The lowest BCUT2D eigenvalue weighted by Gasteiger charge is -2.04. The van der Waals surface area contributed by atoms with Crippen LogP contribution in [-0.2, 0) is 6.42 Å². The first-order valence-electron chi connectivity index (χ1n) is 7.78. The van der Waals surface area contributed by atoms with Crippen molar-refractivity contribution < 1.29 is 14.6 Å². The minimum absolute atomic E-state index is 0.180. The molecule has 0 radical (unpaired) electrons. The van der Waals surface area contributed by atoms with Gasteiger partial charge in [-0.25, -0.2) is 0 Å². The molecule has 0 fully saturated rings. The number of aromatic hydroxyl groups is 2. The minimum atomic E-state index is 0.180. The van der Waals surface area contributed by atoms with Gasteiger partial charge in [-0.2, -0.15) is 0 Å². The Labute approximate surface area is 139 Å². The van der Waals surface area contributed by atoms with Crippen LogP contribution >= 0.6 is 0 Å². The van der Waals surface area contributed by atoms with Crippen molar-refractivity contribution in [3.8, 4) is 22.8 Å². The van der Waals surface area contributed by atoms with Crippen LogP contribution in [0.4, 0.5) is 0 Å². The van der Waals surface area contributed by atoms with Crippen LogP contribution in [0.1, 0.15) is 11.1 Å². The number of hydrogen-bond donors (Lipinski definition) is 2. The maximum atomic E-state index is 9.73. The molecule has 0 aliphatic heterocycles. The average Bonchev–Trinajstić information content (AvgIpc) is 2.94. The van der Waals surface area contributed by atoms with Crippen LogP contribution in [0.5, 0.6) is 11.5 Å². The molecule has 0 unspecified atom stereocenters. The largest absolute Gasteiger partial charge is 0.508 e. The number of rotatable bonds is 3. The van der Waals surface area contributed by atoms with Crippen molar-refractivity contribution in [1.82, 2.24) is 0 Å². The molecule has 0 bridgehead atoms. The van der Waals surface area contributed by atoms with Crippen molar-refractivity contribution in [3.05, 3.63) is 83.9 Å². The second-order valence-electron chi connectivity index (χ2n) is 5.80. The Kier molecular flexibility index (Phi) is 3.47. The molecule has 0 saturated heterocycles. The van der Waals surface area contributed by atoms with E-state index < -0.39 is 0 Å². The number of fused-ring (bicyclic) bond motifs is 1. The van der Waals surface area contributed by atoms with E-state index in [1.807, 2.05) is 36.4 Å². The van der Waals surface area contributed by atoms with Gasteiger partial charge >= 0.3 is 0 Å². The van der Waals surface area contributed by atoms with Gasteiger partial charge in [-0.05, 0) is 42.0 Å². The molecule has 3 nitrogen and oxygen atoms in total. The van der Waals surface area contributed by atoms with Crippen LogP contribution in [0.25, 0.3) is 22.3 Å². The van der Waals surface area contributed by atoms with E-state index in [9.17, 15) is 10.2 Å². The van der Waals surface area contributed by atoms with Crippen LogP contribution in [0.15, 0.2) is 77.2 Å². The van der Waals surface area contributed by atoms with Crippen molar-refractivity contribution in [2.75, 3.05) is 0 Å². The number of phenolic OH excluding ortho intramolecular Hbond substituents is 2. The third-order valence-corrected chi connectivity index (χ3v) is 4.13. The zero-order valence-corrected chi connectivity index (χ0v) is 12.9. The third-order valence-electron chi connectivity index (χ3n) is 4.13. The molecule has 118 valence electrons. The van der Waals surface area contributed by atoms with Crippen molar-refractivity contribution in [1.29, 1.82) is 0 Å². The summed E-state index contributed by atoms with van der Waals surface area (Å²) in [6.07, 6.45) is 0.731. The van der Waals surface area contributed by atoms with Crippen molar-refractivity contribution >= 4 is 11.0 Å². The monoisotopic (exact) mass is 316 g/mol. The Morgan fingerprint density at radius 1 is 0.750 bits per heavy atom. The van der Waals surface area contributed by atoms with Gasteiger partial charge in [0.05, 0.1) is 0 Å². The molecule has 0 aliphatic rings. The highest BCUT2D eigenvalue weighted by Crippen LogP contribution is 2.37. The number of benzene rings is 3. The lowest BCUT2D eigenvalue weighted by Crippen LogP contribution is -1.89. The summed E-state index contributed by atoms with van der Waals surface area (Å²) in [7, 11) is 0. The highest BCUT2D eigenvalue weighted by atomic mass is 16.3. The summed E-state index contributed by atoms with van der Waals surface area (Å²) in [4.78, 5) is 0. The maximum absolute atomic E-state index is 9.73. The topological polar surface area (TPSA) is 53.6 Å². The number of hydrogen-bond acceptors (Lipinski definition) is 3. The molecule has 3 aromatic carbocycles. The molecule has 4 aromatic rings. The lowest BCUT2D eigenvalue weighted by atomic mass is 9.98. The summed E-state index contributed by atoms with van der Waals surface area (Å²) in [5.74, 6) is 1.16. The minimum Gasteiger partial charge on any atom is -0.508 e. The summed E-state index contributed by atoms with van der Waals surface area (Å²) in [6, 6.07) is 22.3. The van der Waals surface area contributed by atoms with E-state index in [1.165, 1.54) is 5.56 Å². The molecular formula is C21H16O3. The Balaban J connectivity index is 1.91. The predicted molar refractivity (Wildman–Crippen MR) is 94.2 cm³/mol. The summed E-state index contributed by atoms with van der Waals surface area (Å²) < 4.78 is 6.04. The normalized spacial score (nSPS) is 11.0. The van der Waals surface area contributed by atoms with Crippen LogP contribution in [-0.4, -0.2) is 10.2 Å². The zero-order valence-electron chi connectivity index (χ0n) is 12.9. The first-order chi connectivity index (χ1) is 11.7. The first-order valence-corrected chi connectivity index (χ1v) is 7.78. The van der Waals surface area contributed by atoms with Gasteiger partial charge in [0.1, 0.15) is 22.8 Å². The molecule has 0 amide bonds. The van der Waals surface area contributed by atoms with Gasteiger partial charge in [0, 0.05) is 29.0 Å². The summed E-state index contributed by atoms with van der Waals surface area (Å²) in [5.41, 5.74) is 3.81. The molecule has 24 heavy (non-hydrogen) atoms. The first kappa shape index (κ1) is 14.4. The maximum Gasteiger partial charge on any atom is 0.138 e. The van der Waals surface area contributed by atoms with Crippen LogP contribution in [0.2, 0.25) is 0 Å². The van der Waals surface area contributed by atoms with E-state index in [-0.39, 0.29) is 11.5 Å². The van der Waals surface area contributed by atoms with Gasteiger partial charge in [-0.15, -0.1) is 0 Å². The fraction of sp³-hybridized carbons (Fsp3) is 0.0476. The van der Waals surface area contributed by atoms with E-state index in [4.69, 9.17) is 4.42 Å². The third kappa shape index (κ3) is 2.61. The van der Waals surface area contributed by atoms with Gasteiger partial charge in [0.25, 0.3) is 0 Å². The Morgan fingerprint density at radius 3 is 2.21 bits per heavy atom. The molecule has 0 saturated carbocycles. The molecule has 3 heteroatoms. The summed E-state index contributed by atoms with van der Waals surface area (Å²) in [6.45, 7) is 0. The molecule has 1 aromatic heterocycles. The summed E-state index contributed by atoms with van der Waals surface area (Å²) in [5, 5.41) is 20.2. The second kappa shape index (κ2) is 5.78.